The number of aryl methyl sites for hydroxylation is 2. The van der Waals surface area contributed by atoms with Crippen molar-refractivity contribution in [3.63, 3.8) is 0 Å². The van der Waals surface area contributed by atoms with Gasteiger partial charge in [-0.15, -0.1) is 0 Å². The lowest BCUT2D eigenvalue weighted by Crippen LogP contribution is -2.44. The van der Waals surface area contributed by atoms with Crippen molar-refractivity contribution in [1.29, 1.82) is 0 Å². The average molecular weight is 380 g/mol. The summed E-state index contributed by atoms with van der Waals surface area (Å²) in [6.07, 6.45) is 3.62. The van der Waals surface area contributed by atoms with E-state index in [1.807, 2.05) is 24.6 Å². The molecule has 1 amide bonds. The van der Waals surface area contributed by atoms with Gasteiger partial charge in [0.2, 0.25) is 5.91 Å². The van der Waals surface area contributed by atoms with Crippen molar-refractivity contribution in [3.8, 4) is 5.69 Å². The first kappa shape index (κ1) is 18.0. The molecule has 1 aliphatic rings. The standard InChI is InChI=1S/C17H21N3O3S2/c1-13-3-4-14(2)15(11-13)20-6-5-18-17(20)24-12-16(21)19-7-9-25(22,23)10-8-19/h3-6,11H,7-10,12H2,1-2H3. The number of thioether (sulfide) groups is 1. The van der Waals surface area contributed by atoms with Gasteiger partial charge in [-0.1, -0.05) is 23.9 Å². The minimum absolute atomic E-state index is 0.0459. The zero-order valence-corrected chi connectivity index (χ0v) is 15.9. The molecule has 2 aromatic rings. The monoisotopic (exact) mass is 379 g/mol. The Bertz CT molecular complexity index is 876. The molecule has 1 saturated heterocycles. The molecule has 25 heavy (non-hydrogen) atoms. The Morgan fingerprint density at radius 3 is 2.68 bits per heavy atom. The first-order valence-corrected chi connectivity index (χ1v) is 10.9. The maximum Gasteiger partial charge on any atom is 0.233 e. The Morgan fingerprint density at radius 2 is 1.96 bits per heavy atom. The van der Waals surface area contributed by atoms with Crippen molar-refractivity contribution in [2.24, 2.45) is 0 Å². The first-order chi connectivity index (χ1) is 11.9. The number of hydrogen-bond acceptors (Lipinski definition) is 5. The minimum Gasteiger partial charge on any atom is -0.340 e. The van der Waals surface area contributed by atoms with Crippen LogP contribution in [0.1, 0.15) is 11.1 Å². The lowest BCUT2D eigenvalue weighted by atomic mass is 10.1. The van der Waals surface area contributed by atoms with Gasteiger partial charge in [0.1, 0.15) is 0 Å². The van der Waals surface area contributed by atoms with Gasteiger partial charge in [0.15, 0.2) is 15.0 Å². The van der Waals surface area contributed by atoms with E-state index in [9.17, 15) is 13.2 Å². The van der Waals surface area contributed by atoms with Gasteiger partial charge in [0, 0.05) is 25.5 Å². The van der Waals surface area contributed by atoms with E-state index in [1.165, 1.54) is 11.8 Å². The molecular weight excluding hydrogens is 358 g/mol. The van der Waals surface area contributed by atoms with Crippen LogP contribution in [0.25, 0.3) is 5.69 Å². The van der Waals surface area contributed by atoms with Crippen molar-refractivity contribution < 1.29 is 13.2 Å². The minimum atomic E-state index is -2.98. The van der Waals surface area contributed by atoms with Crippen molar-refractivity contribution in [2.75, 3.05) is 30.3 Å². The SMILES string of the molecule is Cc1ccc(C)c(-n2ccnc2SCC(=O)N2CCS(=O)(=O)CC2)c1. The Labute approximate surface area is 152 Å². The number of aromatic nitrogens is 2. The fourth-order valence-corrected chi connectivity index (χ4v) is 4.81. The number of imidazole rings is 1. The molecule has 2 heterocycles. The smallest absolute Gasteiger partial charge is 0.233 e. The maximum atomic E-state index is 12.3. The molecular formula is C17H21N3O3S2. The largest absolute Gasteiger partial charge is 0.340 e. The molecule has 0 atom stereocenters. The second-order valence-electron chi connectivity index (χ2n) is 6.19. The van der Waals surface area contributed by atoms with Crippen LogP contribution in [0.15, 0.2) is 35.7 Å². The highest BCUT2D eigenvalue weighted by Crippen LogP contribution is 2.24. The Hall–Kier alpha value is -1.80. The van der Waals surface area contributed by atoms with Gasteiger partial charge in [-0.3, -0.25) is 9.36 Å². The quantitative estimate of drug-likeness (QED) is 0.758. The number of carbonyl (C=O) groups excluding carboxylic acids is 1. The molecule has 3 rings (SSSR count). The van der Waals surface area contributed by atoms with E-state index >= 15 is 0 Å². The fraction of sp³-hybridized carbons (Fsp3) is 0.412. The van der Waals surface area contributed by atoms with Gasteiger partial charge in [0.05, 0.1) is 22.9 Å². The van der Waals surface area contributed by atoms with E-state index < -0.39 is 9.84 Å². The molecule has 0 spiro atoms. The zero-order valence-electron chi connectivity index (χ0n) is 14.3. The fourth-order valence-electron chi connectivity index (χ4n) is 2.74. The molecule has 0 unspecified atom stereocenters. The molecule has 8 heteroatoms. The van der Waals surface area contributed by atoms with Gasteiger partial charge in [-0.2, -0.15) is 0 Å². The van der Waals surface area contributed by atoms with Crippen molar-refractivity contribution in [2.45, 2.75) is 19.0 Å². The number of amides is 1. The third kappa shape index (κ3) is 4.24. The average Bonchev–Trinajstić information content (AvgIpc) is 3.03. The van der Waals surface area contributed by atoms with Gasteiger partial charge >= 0.3 is 0 Å². The lowest BCUT2D eigenvalue weighted by molar-refractivity contribution is -0.128. The third-order valence-electron chi connectivity index (χ3n) is 4.25. The molecule has 1 aromatic carbocycles. The van der Waals surface area contributed by atoms with Crippen LogP contribution in [0, 0.1) is 13.8 Å². The molecule has 0 saturated carbocycles. The van der Waals surface area contributed by atoms with Gasteiger partial charge in [0.25, 0.3) is 0 Å². The maximum absolute atomic E-state index is 12.3. The number of rotatable bonds is 4. The first-order valence-electron chi connectivity index (χ1n) is 8.08. The Balaban J connectivity index is 1.68. The van der Waals surface area contributed by atoms with Crippen LogP contribution in [-0.2, 0) is 14.6 Å². The van der Waals surface area contributed by atoms with E-state index in [-0.39, 0.29) is 36.3 Å². The van der Waals surface area contributed by atoms with Crippen LogP contribution in [0.4, 0.5) is 0 Å². The summed E-state index contributed by atoms with van der Waals surface area (Å²) in [6, 6.07) is 6.23. The molecule has 0 N–H and O–H groups in total. The molecule has 1 aliphatic heterocycles. The second kappa shape index (κ2) is 7.21. The lowest BCUT2D eigenvalue weighted by Gasteiger charge is -2.26. The molecule has 0 bridgehead atoms. The van der Waals surface area contributed by atoms with Crippen molar-refractivity contribution >= 4 is 27.5 Å². The molecule has 0 aliphatic carbocycles. The topological polar surface area (TPSA) is 72.3 Å². The van der Waals surface area contributed by atoms with E-state index in [2.05, 4.69) is 23.2 Å². The molecule has 1 fully saturated rings. The van der Waals surface area contributed by atoms with Crippen molar-refractivity contribution in [3.05, 3.63) is 41.7 Å². The number of sulfone groups is 1. The summed E-state index contributed by atoms with van der Waals surface area (Å²) >= 11 is 1.38. The van der Waals surface area contributed by atoms with Gasteiger partial charge < -0.3 is 4.90 Å². The molecule has 134 valence electrons. The number of nitrogens with zero attached hydrogens (tertiary/aromatic N) is 3. The van der Waals surface area contributed by atoms with Crippen LogP contribution in [0.5, 0.6) is 0 Å². The van der Waals surface area contributed by atoms with E-state index in [1.54, 1.807) is 11.1 Å². The normalized spacial score (nSPS) is 16.8. The summed E-state index contributed by atoms with van der Waals surface area (Å²) in [6.45, 7) is 4.66. The Morgan fingerprint density at radius 1 is 1.24 bits per heavy atom. The summed E-state index contributed by atoms with van der Waals surface area (Å²) in [5.74, 6) is 0.318. The number of benzene rings is 1. The van der Waals surface area contributed by atoms with Crippen LogP contribution in [0.3, 0.4) is 0 Å². The summed E-state index contributed by atoms with van der Waals surface area (Å²) < 4.78 is 24.9. The highest BCUT2D eigenvalue weighted by Gasteiger charge is 2.25. The summed E-state index contributed by atoms with van der Waals surface area (Å²) in [5, 5.41) is 0.756. The summed E-state index contributed by atoms with van der Waals surface area (Å²) in [7, 11) is -2.98. The zero-order chi connectivity index (χ0) is 18.0. The van der Waals surface area contributed by atoms with E-state index in [0.717, 1.165) is 22.0 Å². The second-order valence-corrected chi connectivity index (χ2v) is 9.44. The van der Waals surface area contributed by atoms with Gasteiger partial charge in [-0.25, -0.2) is 13.4 Å². The Kier molecular flexibility index (Phi) is 5.19. The summed E-state index contributed by atoms with van der Waals surface area (Å²) in [4.78, 5) is 18.3. The van der Waals surface area contributed by atoms with Gasteiger partial charge in [-0.05, 0) is 31.0 Å². The molecule has 6 nitrogen and oxygen atoms in total. The van der Waals surface area contributed by atoms with Crippen LogP contribution >= 0.6 is 11.8 Å². The number of carbonyl (C=O) groups is 1. The van der Waals surface area contributed by atoms with Crippen LogP contribution in [0.2, 0.25) is 0 Å². The highest BCUT2D eigenvalue weighted by molar-refractivity contribution is 7.99. The molecule has 1 aromatic heterocycles. The predicted octanol–water partition coefficient (Wildman–Crippen LogP) is 1.84. The third-order valence-corrected chi connectivity index (χ3v) is 6.81. The van der Waals surface area contributed by atoms with E-state index in [4.69, 9.17) is 0 Å². The van der Waals surface area contributed by atoms with Crippen molar-refractivity contribution in [1.82, 2.24) is 14.5 Å². The molecule has 0 radical (unpaired) electrons. The van der Waals surface area contributed by atoms with Crippen LogP contribution < -0.4 is 0 Å². The summed E-state index contributed by atoms with van der Waals surface area (Å²) in [5.41, 5.74) is 3.35. The van der Waals surface area contributed by atoms with Crippen LogP contribution in [-0.4, -0.2) is 59.1 Å². The number of hydrogen-bond donors (Lipinski definition) is 0. The highest BCUT2D eigenvalue weighted by atomic mass is 32.2. The van der Waals surface area contributed by atoms with E-state index in [0.29, 0.717) is 0 Å². The predicted molar refractivity (Wildman–Crippen MR) is 99.0 cm³/mol.